The Labute approximate surface area is 103 Å². The number of halogens is 3. The molecule has 0 aromatic carbocycles. The van der Waals surface area contributed by atoms with Crippen LogP contribution in [0.25, 0.3) is 0 Å². The number of aromatic nitrogens is 1. The lowest BCUT2D eigenvalue weighted by atomic mass is 9.98. The van der Waals surface area contributed by atoms with E-state index in [9.17, 15) is 18.0 Å². The van der Waals surface area contributed by atoms with Crippen molar-refractivity contribution in [1.82, 2.24) is 4.98 Å². The summed E-state index contributed by atoms with van der Waals surface area (Å²) in [5.74, 6) is 0.118. The molecule has 6 heteroatoms. The Bertz CT molecular complexity index is 442. The summed E-state index contributed by atoms with van der Waals surface area (Å²) < 4.78 is 37.1. The van der Waals surface area contributed by atoms with Crippen molar-refractivity contribution in [2.24, 2.45) is 5.92 Å². The number of alkyl halides is 3. The van der Waals surface area contributed by atoms with Gasteiger partial charge in [-0.15, -0.1) is 0 Å². The molecule has 1 atom stereocenters. The molecule has 0 saturated carbocycles. The normalized spacial score (nSPS) is 21.2. The molecule has 1 aliphatic rings. The van der Waals surface area contributed by atoms with Crippen LogP contribution in [0, 0.1) is 5.92 Å². The highest BCUT2D eigenvalue weighted by Crippen LogP contribution is 2.29. The second-order valence-corrected chi connectivity index (χ2v) is 4.46. The van der Waals surface area contributed by atoms with Crippen molar-refractivity contribution in [2.75, 3.05) is 18.0 Å². The Morgan fingerprint density at radius 2 is 2.11 bits per heavy atom. The number of ketones is 1. The van der Waals surface area contributed by atoms with Crippen molar-refractivity contribution in [3.63, 3.8) is 0 Å². The van der Waals surface area contributed by atoms with Crippen molar-refractivity contribution in [3.8, 4) is 0 Å². The molecule has 98 valence electrons. The van der Waals surface area contributed by atoms with E-state index in [0.717, 1.165) is 6.07 Å². The van der Waals surface area contributed by atoms with Gasteiger partial charge in [0.2, 0.25) is 0 Å². The zero-order chi connectivity index (χ0) is 13.3. The summed E-state index contributed by atoms with van der Waals surface area (Å²) in [5.41, 5.74) is -0.269. The maximum atomic E-state index is 12.4. The maximum Gasteiger partial charge on any atom is 0.433 e. The van der Waals surface area contributed by atoms with E-state index in [-0.39, 0.29) is 11.7 Å². The van der Waals surface area contributed by atoms with Crippen molar-refractivity contribution >= 4 is 11.5 Å². The number of rotatable bonds is 1. The van der Waals surface area contributed by atoms with Gasteiger partial charge in [0.25, 0.3) is 0 Å². The van der Waals surface area contributed by atoms with Gasteiger partial charge in [0.1, 0.15) is 11.5 Å². The number of anilines is 1. The lowest BCUT2D eigenvalue weighted by Crippen LogP contribution is -2.39. The van der Waals surface area contributed by atoms with Gasteiger partial charge in [0.15, 0.2) is 0 Å². The topological polar surface area (TPSA) is 33.2 Å². The highest BCUT2D eigenvalue weighted by atomic mass is 19.4. The van der Waals surface area contributed by atoms with E-state index in [1.165, 1.54) is 12.3 Å². The van der Waals surface area contributed by atoms with E-state index < -0.39 is 11.9 Å². The number of carbonyl (C=O) groups excluding carboxylic acids is 1. The quantitative estimate of drug-likeness (QED) is 0.776. The van der Waals surface area contributed by atoms with Gasteiger partial charge in [-0.3, -0.25) is 4.79 Å². The molecule has 18 heavy (non-hydrogen) atoms. The van der Waals surface area contributed by atoms with Crippen molar-refractivity contribution in [2.45, 2.75) is 19.5 Å². The van der Waals surface area contributed by atoms with Crippen LogP contribution in [0.1, 0.15) is 19.0 Å². The lowest BCUT2D eigenvalue weighted by Gasteiger charge is -2.31. The Balaban J connectivity index is 2.13. The number of hydrogen-bond acceptors (Lipinski definition) is 3. The van der Waals surface area contributed by atoms with Gasteiger partial charge >= 0.3 is 6.18 Å². The van der Waals surface area contributed by atoms with E-state index in [1.54, 1.807) is 0 Å². The number of pyridine rings is 1. The molecular formula is C12H13F3N2O. The molecule has 2 heterocycles. The van der Waals surface area contributed by atoms with E-state index in [4.69, 9.17) is 0 Å². The van der Waals surface area contributed by atoms with Gasteiger partial charge in [0, 0.05) is 25.4 Å². The highest BCUT2D eigenvalue weighted by molar-refractivity contribution is 5.83. The third kappa shape index (κ3) is 2.63. The molecule has 0 aliphatic carbocycles. The molecule has 1 aliphatic heterocycles. The standard InChI is InChI=1S/C12H13F3N2O/c1-8-7-17(5-4-10(8)18)9-2-3-11(16-6-9)12(13,14)15/h2-3,6,8H,4-5,7H2,1H3. The fraction of sp³-hybridized carbons (Fsp3) is 0.500. The van der Waals surface area contributed by atoms with Gasteiger partial charge in [-0.2, -0.15) is 13.2 Å². The average molecular weight is 258 g/mol. The minimum Gasteiger partial charge on any atom is -0.369 e. The van der Waals surface area contributed by atoms with Crippen molar-refractivity contribution in [1.29, 1.82) is 0 Å². The third-order valence-electron chi connectivity index (χ3n) is 3.08. The summed E-state index contributed by atoms with van der Waals surface area (Å²) in [6.07, 6.45) is -2.77. The Kier molecular flexibility index (Phi) is 3.28. The Morgan fingerprint density at radius 3 is 2.61 bits per heavy atom. The van der Waals surface area contributed by atoms with Crippen molar-refractivity contribution in [3.05, 3.63) is 24.0 Å². The minimum atomic E-state index is -4.41. The first-order valence-corrected chi connectivity index (χ1v) is 5.69. The average Bonchev–Trinajstić information content (AvgIpc) is 2.32. The van der Waals surface area contributed by atoms with Crippen LogP contribution >= 0.6 is 0 Å². The van der Waals surface area contributed by atoms with Gasteiger partial charge in [-0.05, 0) is 12.1 Å². The molecule has 0 radical (unpaired) electrons. The van der Waals surface area contributed by atoms with Crippen molar-refractivity contribution < 1.29 is 18.0 Å². The van der Waals surface area contributed by atoms with E-state index in [0.29, 0.717) is 25.2 Å². The third-order valence-corrected chi connectivity index (χ3v) is 3.08. The smallest absolute Gasteiger partial charge is 0.369 e. The van der Waals surface area contributed by atoms with E-state index in [1.807, 2.05) is 11.8 Å². The summed E-state index contributed by atoms with van der Waals surface area (Å²) in [6.45, 7) is 2.90. The molecule has 1 saturated heterocycles. The fourth-order valence-corrected chi connectivity index (χ4v) is 1.99. The first kappa shape index (κ1) is 12.9. The predicted octanol–water partition coefficient (Wildman–Crippen LogP) is 2.52. The number of carbonyl (C=O) groups is 1. The second-order valence-electron chi connectivity index (χ2n) is 4.46. The molecule has 1 fully saturated rings. The summed E-state index contributed by atoms with van der Waals surface area (Å²) in [7, 11) is 0. The van der Waals surface area contributed by atoms with E-state index >= 15 is 0 Å². The largest absolute Gasteiger partial charge is 0.433 e. The Morgan fingerprint density at radius 1 is 1.39 bits per heavy atom. The number of nitrogens with zero attached hydrogens (tertiary/aromatic N) is 2. The van der Waals surface area contributed by atoms with Gasteiger partial charge in [-0.1, -0.05) is 6.92 Å². The SMILES string of the molecule is CC1CN(c2ccc(C(F)(F)F)nc2)CCC1=O. The molecule has 1 unspecified atom stereocenters. The van der Waals surface area contributed by atoms with Crippen LogP contribution in [0.4, 0.5) is 18.9 Å². The zero-order valence-corrected chi connectivity index (χ0v) is 9.87. The molecule has 0 amide bonds. The van der Waals surface area contributed by atoms with Crippen LogP contribution in [0.3, 0.4) is 0 Å². The van der Waals surface area contributed by atoms with Crippen LogP contribution in [-0.4, -0.2) is 23.9 Å². The van der Waals surface area contributed by atoms with Gasteiger partial charge < -0.3 is 4.90 Å². The first-order chi connectivity index (χ1) is 8.38. The number of piperidine rings is 1. The zero-order valence-electron chi connectivity index (χ0n) is 9.87. The molecule has 1 aromatic rings. The van der Waals surface area contributed by atoms with Crippen LogP contribution in [-0.2, 0) is 11.0 Å². The highest BCUT2D eigenvalue weighted by Gasteiger charge is 2.32. The van der Waals surface area contributed by atoms with Gasteiger partial charge in [0.05, 0.1) is 11.9 Å². The monoisotopic (exact) mass is 258 g/mol. The molecule has 0 N–H and O–H groups in total. The van der Waals surface area contributed by atoms with Crippen LogP contribution in [0.15, 0.2) is 18.3 Å². The number of hydrogen-bond donors (Lipinski definition) is 0. The van der Waals surface area contributed by atoms with Gasteiger partial charge in [-0.25, -0.2) is 4.98 Å². The summed E-state index contributed by atoms with van der Waals surface area (Å²) in [4.78, 5) is 16.7. The van der Waals surface area contributed by atoms with Crippen LogP contribution < -0.4 is 4.90 Å². The fourth-order valence-electron chi connectivity index (χ4n) is 1.99. The summed E-state index contributed by atoms with van der Waals surface area (Å²) in [6, 6.07) is 2.37. The minimum absolute atomic E-state index is 0.0824. The predicted molar refractivity (Wildman–Crippen MR) is 60.2 cm³/mol. The molecular weight excluding hydrogens is 245 g/mol. The number of Topliss-reactive ketones (excluding diaryl/α,β-unsaturated/α-hetero) is 1. The summed E-state index contributed by atoms with van der Waals surface area (Å²) in [5, 5.41) is 0. The van der Waals surface area contributed by atoms with Crippen LogP contribution in [0.2, 0.25) is 0 Å². The second kappa shape index (κ2) is 4.59. The molecule has 0 spiro atoms. The molecule has 3 nitrogen and oxygen atoms in total. The maximum absolute atomic E-state index is 12.4. The van der Waals surface area contributed by atoms with Crippen LogP contribution in [0.5, 0.6) is 0 Å². The molecule has 0 bridgehead atoms. The lowest BCUT2D eigenvalue weighted by molar-refractivity contribution is -0.141. The first-order valence-electron chi connectivity index (χ1n) is 5.69. The molecule has 1 aromatic heterocycles. The summed E-state index contributed by atoms with van der Waals surface area (Å²) >= 11 is 0. The van der Waals surface area contributed by atoms with E-state index in [2.05, 4.69) is 4.98 Å². The molecule has 2 rings (SSSR count). The Hall–Kier alpha value is -1.59.